The summed E-state index contributed by atoms with van der Waals surface area (Å²) in [7, 11) is 1.36. The highest BCUT2D eigenvalue weighted by molar-refractivity contribution is 5.85. The lowest BCUT2D eigenvalue weighted by Crippen LogP contribution is -2.47. The van der Waals surface area contributed by atoms with Crippen molar-refractivity contribution in [2.45, 2.75) is 117 Å². The summed E-state index contributed by atoms with van der Waals surface area (Å²) in [5, 5.41) is 22.0. The molecule has 2 amide bonds. The van der Waals surface area contributed by atoms with Crippen molar-refractivity contribution < 1.29 is 53.1 Å². The number of aliphatic carboxylic acids is 1. The molecule has 0 bridgehead atoms. The normalized spacial score (nSPS) is 17.3. The maximum Gasteiger partial charge on any atom is 0.410 e. The minimum absolute atomic E-state index is 0.0947. The summed E-state index contributed by atoms with van der Waals surface area (Å²) in [6, 6.07) is 18.8. The van der Waals surface area contributed by atoms with Gasteiger partial charge in [0.05, 0.1) is 46.5 Å². The second-order valence-electron chi connectivity index (χ2n) is 19.4. The molecule has 4 heterocycles. The minimum Gasteiger partial charge on any atom is -0.481 e. The number of ether oxygens (including phenoxy) is 4. The number of pyridine rings is 2. The van der Waals surface area contributed by atoms with Gasteiger partial charge in [-0.3, -0.25) is 19.4 Å². The Morgan fingerprint density at radius 3 is 1.70 bits per heavy atom. The first kappa shape index (κ1) is 50.1. The van der Waals surface area contributed by atoms with E-state index in [0.29, 0.717) is 61.2 Å². The highest BCUT2D eigenvalue weighted by atomic mass is 16.6. The molecule has 2 saturated heterocycles. The van der Waals surface area contributed by atoms with Gasteiger partial charge in [-0.15, -0.1) is 0 Å². The number of aliphatic hydroxyl groups is 1. The van der Waals surface area contributed by atoms with Gasteiger partial charge in [-0.1, -0.05) is 60.7 Å². The zero-order valence-corrected chi connectivity index (χ0v) is 39.9. The van der Waals surface area contributed by atoms with E-state index >= 15 is 0 Å². The third-order valence-electron chi connectivity index (χ3n) is 12.6. The number of hydrogen-bond acceptors (Lipinski definition) is 12. The predicted molar refractivity (Wildman–Crippen MR) is 253 cm³/mol. The average molecular weight is 921 g/mol. The van der Waals surface area contributed by atoms with E-state index in [-0.39, 0.29) is 38.3 Å². The van der Waals surface area contributed by atoms with Crippen LogP contribution < -0.4 is 0 Å². The van der Waals surface area contributed by atoms with E-state index in [9.17, 15) is 34.2 Å². The van der Waals surface area contributed by atoms with Crippen LogP contribution in [0.4, 0.5) is 9.59 Å². The van der Waals surface area contributed by atoms with Crippen molar-refractivity contribution in [1.29, 1.82) is 0 Å². The molecular formula is C52H64N4O11. The van der Waals surface area contributed by atoms with E-state index in [1.807, 2.05) is 87.5 Å². The number of carboxylic acid groups (broad SMARTS) is 1. The number of likely N-dealkylation sites (tertiary alicyclic amines) is 2. The van der Waals surface area contributed by atoms with Crippen LogP contribution in [0, 0.1) is 10.8 Å². The summed E-state index contributed by atoms with van der Waals surface area (Å²) in [6.07, 6.45) is 6.95. The number of carbonyl (C=O) groups excluding carboxylic acids is 4. The molecule has 2 aromatic heterocycles. The maximum absolute atomic E-state index is 13.3. The Bertz CT molecular complexity index is 2530. The summed E-state index contributed by atoms with van der Waals surface area (Å²) in [6.45, 7) is 13.5. The van der Waals surface area contributed by atoms with Gasteiger partial charge in [0, 0.05) is 43.4 Å². The Hall–Kier alpha value is -6.35. The molecule has 67 heavy (non-hydrogen) atoms. The van der Waals surface area contributed by atoms with Gasteiger partial charge in [0.15, 0.2) is 0 Å². The molecule has 2 aromatic carbocycles. The van der Waals surface area contributed by atoms with E-state index in [0.717, 1.165) is 21.9 Å². The van der Waals surface area contributed by atoms with Crippen molar-refractivity contribution >= 4 is 64.1 Å². The van der Waals surface area contributed by atoms with Crippen molar-refractivity contribution in [2.24, 2.45) is 10.8 Å². The van der Waals surface area contributed by atoms with Gasteiger partial charge in [0.2, 0.25) is 0 Å². The Balaban J connectivity index is 0.978. The number of carboxylic acids is 1. The second kappa shape index (κ2) is 20.7. The Kier molecular flexibility index (Phi) is 15.4. The largest absolute Gasteiger partial charge is 0.481 e. The number of aliphatic hydroxyl groups excluding tert-OH is 1. The molecule has 358 valence electrons. The molecule has 0 aliphatic carbocycles. The van der Waals surface area contributed by atoms with Gasteiger partial charge >= 0.3 is 30.1 Å². The van der Waals surface area contributed by atoms with E-state index in [4.69, 9.17) is 23.9 Å². The topological polar surface area (TPSA) is 195 Å². The molecule has 2 atom stereocenters. The van der Waals surface area contributed by atoms with Gasteiger partial charge in [-0.2, -0.15) is 0 Å². The monoisotopic (exact) mass is 920 g/mol. The van der Waals surface area contributed by atoms with Gasteiger partial charge in [0.1, 0.15) is 17.3 Å². The van der Waals surface area contributed by atoms with Crippen molar-refractivity contribution in [3.63, 3.8) is 0 Å². The molecule has 0 unspecified atom stereocenters. The van der Waals surface area contributed by atoms with Gasteiger partial charge in [-0.25, -0.2) is 14.6 Å². The molecule has 2 aliphatic rings. The fraction of sp³-hybridized carbons (Fsp3) is 0.481. The third-order valence-corrected chi connectivity index (χ3v) is 12.6. The quantitative estimate of drug-likeness (QED) is 0.0897. The minimum atomic E-state index is -1.17. The van der Waals surface area contributed by atoms with Gasteiger partial charge in [-0.05, 0) is 122 Å². The van der Waals surface area contributed by atoms with Crippen molar-refractivity contribution in [2.75, 3.05) is 33.3 Å². The maximum atomic E-state index is 13.3. The molecule has 0 spiro atoms. The van der Waals surface area contributed by atoms with Crippen molar-refractivity contribution in [3.05, 3.63) is 95.3 Å². The fourth-order valence-electron chi connectivity index (χ4n) is 8.40. The molecule has 15 nitrogen and oxygen atoms in total. The van der Waals surface area contributed by atoms with Gasteiger partial charge in [0.25, 0.3) is 0 Å². The van der Waals surface area contributed by atoms with E-state index in [1.165, 1.54) is 12.0 Å². The summed E-state index contributed by atoms with van der Waals surface area (Å²) >= 11 is 0. The number of carbonyl (C=O) groups is 5. The molecule has 4 aromatic rings. The summed E-state index contributed by atoms with van der Waals surface area (Å²) in [5.74, 6) is -1.75. The number of fused-ring (bicyclic) bond motifs is 2. The average Bonchev–Trinajstić information content (AvgIpc) is 3.28. The molecule has 2 fully saturated rings. The number of benzene rings is 2. The van der Waals surface area contributed by atoms with Crippen LogP contribution in [0.3, 0.4) is 0 Å². The zero-order valence-electron chi connectivity index (χ0n) is 39.9. The number of esters is 2. The molecule has 2 N–H and O–H groups in total. The Morgan fingerprint density at radius 1 is 0.716 bits per heavy atom. The van der Waals surface area contributed by atoms with Crippen LogP contribution in [0.2, 0.25) is 0 Å². The SMILES string of the molecule is COC(=O)C1(/C=C/c2ccc3ccc([C@@H](C)OC(=O)CCCC(C)(C)OC(=O)N4CCC(/C=C/c5ccc6ccc([C@@H](C)O)nc6c5)(C(=O)O)CC4)nc3c2)CCN(C(=O)OC(C)(C)C)CC1. The van der Waals surface area contributed by atoms with E-state index < -0.39 is 58.4 Å². The Labute approximate surface area is 392 Å². The van der Waals surface area contributed by atoms with Crippen LogP contribution in [0.1, 0.15) is 128 Å². The third kappa shape index (κ3) is 12.8. The molecule has 0 saturated carbocycles. The fourth-order valence-corrected chi connectivity index (χ4v) is 8.40. The van der Waals surface area contributed by atoms with Crippen LogP contribution in [0.25, 0.3) is 34.0 Å². The number of piperidine rings is 2. The zero-order chi connectivity index (χ0) is 48.7. The molecule has 2 aliphatic heterocycles. The first-order valence-electron chi connectivity index (χ1n) is 22.9. The first-order valence-corrected chi connectivity index (χ1v) is 22.9. The molecule has 0 radical (unpaired) electrons. The van der Waals surface area contributed by atoms with Crippen molar-refractivity contribution in [1.82, 2.24) is 19.8 Å². The number of nitrogens with zero attached hydrogens (tertiary/aromatic N) is 4. The molecule has 15 heteroatoms. The van der Waals surface area contributed by atoms with Crippen molar-refractivity contribution in [3.8, 4) is 0 Å². The van der Waals surface area contributed by atoms with Crippen LogP contribution in [-0.2, 0) is 33.3 Å². The lowest BCUT2D eigenvalue weighted by Gasteiger charge is -2.38. The highest BCUT2D eigenvalue weighted by Crippen LogP contribution is 2.37. The molecular weight excluding hydrogens is 857 g/mol. The van der Waals surface area contributed by atoms with Crippen LogP contribution in [0.5, 0.6) is 0 Å². The first-order chi connectivity index (χ1) is 31.6. The highest BCUT2D eigenvalue weighted by Gasteiger charge is 2.43. The lowest BCUT2D eigenvalue weighted by molar-refractivity contribution is -0.152. The number of methoxy groups -OCH3 is 1. The number of aromatic nitrogens is 2. The number of amides is 2. The number of hydrogen-bond donors (Lipinski definition) is 2. The second-order valence-corrected chi connectivity index (χ2v) is 19.4. The van der Waals surface area contributed by atoms with Crippen LogP contribution in [0.15, 0.2) is 72.8 Å². The summed E-state index contributed by atoms with van der Waals surface area (Å²) in [4.78, 5) is 77.1. The summed E-state index contributed by atoms with van der Waals surface area (Å²) in [5.41, 5.74) is 0.489. The van der Waals surface area contributed by atoms with E-state index in [2.05, 4.69) is 4.98 Å². The predicted octanol–water partition coefficient (Wildman–Crippen LogP) is 9.61. The Morgan fingerprint density at radius 2 is 1.19 bits per heavy atom. The van der Waals surface area contributed by atoms with E-state index in [1.54, 1.807) is 50.8 Å². The van der Waals surface area contributed by atoms with Crippen LogP contribution in [-0.4, -0.2) is 105 Å². The smallest absolute Gasteiger partial charge is 0.410 e. The number of rotatable bonds is 14. The van der Waals surface area contributed by atoms with Gasteiger partial charge < -0.3 is 39.0 Å². The lowest BCUT2D eigenvalue weighted by atomic mass is 9.77. The molecule has 6 rings (SSSR count). The van der Waals surface area contributed by atoms with Crippen LogP contribution >= 0.6 is 0 Å². The standard InChI is InChI=1S/C52H64N4O11/c1-34(57)40-17-15-38-13-11-36(32-42(38)53-40)19-22-51(45(59)60)24-28-56(29-25-51)48(63)67-50(6,7)21-9-10-44(58)65-35(2)41-18-16-39-14-12-37(33-43(39)54-41)20-23-52(46(61)64-8)26-30-55(31-27-52)47(62)66-49(3,4)5/h11-20,22-23,32-35,57H,9-10,21,24-31H2,1-8H3,(H,59,60)/b22-19+,23-20+/t34-,35-/m1/s1. The summed E-state index contributed by atoms with van der Waals surface area (Å²) < 4.78 is 22.4.